The molecule has 3 aromatic heterocycles. The van der Waals surface area contributed by atoms with Crippen molar-refractivity contribution < 1.29 is 32.7 Å². The van der Waals surface area contributed by atoms with Crippen molar-refractivity contribution in [1.29, 1.82) is 0 Å². The Labute approximate surface area is 247 Å². The first-order chi connectivity index (χ1) is 20.2. The maximum Gasteiger partial charge on any atom is 0.120 e. The number of aryl methyl sites for hydroxylation is 2. The zero-order valence-corrected chi connectivity index (χ0v) is 24.7. The number of rotatable bonds is 3. The fourth-order valence-corrected chi connectivity index (χ4v) is 5.21. The van der Waals surface area contributed by atoms with E-state index in [9.17, 15) is 0 Å². The molecule has 6 rings (SSSR count). The van der Waals surface area contributed by atoms with Crippen molar-refractivity contribution in [3.8, 4) is 22.5 Å². The second-order valence-electron chi connectivity index (χ2n) is 9.80. The van der Waals surface area contributed by atoms with Crippen LogP contribution in [0.3, 0.4) is 0 Å². The van der Waals surface area contributed by atoms with Gasteiger partial charge in [0.2, 0.25) is 0 Å². The van der Waals surface area contributed by atoms with Gasteiger partial charge in [0.15, 0.2) is 0 Å². The van der Waals surface area contributed by atoms with Crippen molar-refractivity contribution in [2.24, 2.45) is 0 Å². The quantitative estimate of drug-likeness (QED) is 0.139. The number of benzene rings is 3. The number of hydrogen-bond acceptors (Lipinski definition) is 3. The van der Waals surface area contributed by atoms with Crippen LogP contribution in [0.2, 0.25) is 19.6 Å². The molecule has 3 aromatic carbocycles. The van der Waals surface area contributed by atoms with E-state index in [2.05, 4.69) is 53.9 Å². The molecule has 1 radical (unpaired) electrons. The average molecular weight is 697 g/mol. The van der Waals surface area contributed by atoms with Crippen molar-refractivity contribution >= 4 is 35.2 Å². The van der Waals surface area contributed by atoms with Gasteiger partial charge in [-0.2, -0.15) is 0 Å². The first kappa shape index (κ1) is 20.6. The maximum absolute atomic E-state index is 7.49. The number of aromatic nitrogens is 2. The summed E-state index contributed by atoms with van der Waals surface area (Å²) in [7, 11) is -1.43. The van der Waals surface area contributed by atoms with E-state index in [1.165, 1.54) is 17.6 Å². The van der Waals surface area contributed by atoms with E-state index in [1.807, 2.05) is 36.4 Å². The molecule has 0 saturated carbocycles. The summed E-state index contributed by atoms with van der Waals surface area (Å²) in [5, 5.41) is 3.51. The van der Waals surface area contributed by atoms with Crippen LogP contribution >= 0.6 is 0 Å². The summed E-state index contributed by atoms with van der Waals surface area (Å²) in [5.74, 6) is 0. The van der Waals surface area contributed by atoms with E-state index in [-0.39, 0.29) is 31.2 Å². The van der Waals surface area contributed by atoms with Gasteiger partial charge in [0, 0.05) is 46.1 Å². The van der Waals surface area contributed by atoms with E-state index in [0.717, 1.165) is 38.8 Å². The number of furan rings is 1. The summed E-state index contributed by atoms with van der Waals surface area (Å²) in [6.45, 7) is 2.73. The number of pyridine rings is 2. The van der Waals surface area contributed by atoms with Crippen LogP contribution in [0.4, 0.5) is 0 Å². The molecule has 0 atom stereocenters. The second kappa shape index (κ2) is 11.6. The van der Waals surface area contributed by atoms with Crippen molar-refractivity contribution in [1.82, 2.24) is 9.97 Å². The third-order valence-corrected chi connectivity index (χ3v) is 8.11. The Balaban J connectivity index is 0.000000223. The Morgan fingerprint density at radius 3 is 2.11 bits per heavy atom. The summed E-state index contributed by atoms with van der Waals surface area (Å²) >= 11 is 0. The van der Waals surface area contributed by atoms with Gasteiger partial charge in [-0.15, -0.1) is 54.1 Å². The van der Waals surface area contributed by atoms with Gasteiger partial charge < -0.3 is 14.4 Å². The fourth-order valence-electron chi connectivity index (χ4n) is 4.05. The SMILES string of the molecule is [2H]C([2H])([2H])c1ccc(-c2[c-]ccc3c2oc2ccc([Si](C)(C)C)cc23)nc1.[2H]C([2H])([2H])c1ccc(-c2[c-]cccc2)nc1.[Ir]. The Bertz CT molecular complexity index is 1860. The van der Waals surface area contributed by atoms with Crippen molar-refractivity contribution in [2.75, 3.05) is 0 Å². The zero-order chi connectivity index (χ0) is 31.0. The Morgan fingerprint density at radius 1 is 0.763 bits per heavy atom. The van der Waals surface area contributed by atoms with Crippen LogP contribution in [0, 0.1) is 25.8 Å². The maximum atomic E-state index is 7.49. The zero-order valence-electron chi connectivity index (χ0n) is 27.3. The minimum Gasteiger partial charge on any atom is -0.501 e. The van der Waals surface area contributed by atoms with Gasteiger partial charge in [0.25, 0.3) is 0 Å². The van der Waals surface area contributed by atoms with Crippen LogP contribution in [0.25, 0.3) is 44.5 Å². The molecule has 0 amide bonds. The molecule has 5 heteroatoms. The molecule has 193 valence electrons. The summed E-state index contributed by atoms with van der Waals surface area (Å²) in [5.41, 5.74) is 5.04. The topological polar surface area (TPSA) is 38.9 Å². The molecule has 0 bridgehead atoms. The van der Waals surface area contributed by atoms with E-state index in [4.69, 9.17) is 12.6 Å². The smallest absolute Gasteiger partial charge is 0.120 e. The minimum atomic E-state index is -2.16. The van der Waals surface area contributed by atoms with Crippen LogP contribution in [0.1, 0.15) is 19.4 Å². The number of fused-ring (bicyclic) bond motifs is 3. The monoisotopic (exact) mass is 697 g/mol. The Kier molecular flexibility index (Phi) is 6.26. The second-order valence-corrected chi connectivity index (χ2v) is 14.9. The van der Waals surface area contributed by atoms with Gasteiger partial charge >= 0.3 is 0 Å². The van der Waals surface area contributed by atoms with E-state index in [1.54, 1.807) is 30.3 Å². The first-order valence-corrected chi connectivity index (χ1v) is 15.5. The van der Waals surface area contributed by atoms with Crippen LogP contribution < -0.4 is 5.19 Å². The van der Waals surface area contributed by atoms with Gasteiger partial charge in [0.1, 0.15) is 5.58 Å². The van der Waals surface area contributed by atoms with Gasteiger partial charge in [-0.05, 0) is 42.3 Å². The van der Waals surface area contributed by atoms with Gasteiger partial charge in [-0.25, -0.2) is 0 Å². The summed E-state index contributed by atoms with van der Waals surface area (Å²) in [4.78, 5) is 8.47. The fraction of sp³-hybridized carbons (Fsp3) is 0.152. The summed E-state index contributed by atoms with van der Waals surface area (Å²) in [6, 6.07) is 30.6. The van der Waals surface area contributed by atoms with E-state index < -0.39 is 21.8 Å². The molecule has 0 unspecified atom stereocenters. The average Bonchev–Trinajstić information content (AvgIpc) is 3.35. The first-order valence-electron chi connectivity index (χ1n) is 15.0. The Hall–Kier alpha value is -3.37. The van der Waals surface area contributed by atoms with Crippen molar-refractivity contribution in [3.63, 3.8) is 0 Å². The normalized spacial score (nSPS) is 14.1. The molecule has 0 fully saturated rings. The van der Waals surface area contributed by atoms with E-state index in [0.29, 0.717) is 5.69 Å². The standard InChI is InChI=1S/C21H20NOSi.C12H10N.Ir/c1-14-8-10-19(22-13-14)17-7-5-6-16-18-12-15(24(2,3)4)9-11-20(18)23-21(16)17;1-10-7-8-12(13-9-10)11-5-3-2-4-6-11;/h5-6,8-13H,1-4H3;2-5,7-9H,1H3;/q2*-1;/i2*1D3;. The van der Waals surface area contributed by atoms with Crippen LogP contribution in [-0.4, -0.2) is 18.0 Å². The predicted octanol–water partition coefficient (Wildman–Crippen LogP) is 8.16. The molecule has 3 heterocycles. The number of hydrogen-bond donors (Lipinski definition) is 0. The molecule has 6 aromatic rings. The third kappa shape index (κ3) is 6.02. The molecule has 3 nitrogen and oxygen atoms in total. The third-order valence-electron chi connectivity index (χ3n) is 6.07. The predicted molar refractivity (Wildman–Crippen MR) is 157 cm³/mol. The molecular weight excluding hydrogens is 661 g/mol. The van der Waals surface area contributed by atoms with Crippen molar-refractivity contribution in [3.05, 3.63) is 115 Å². The van der Waals surface area contributed by atoms with E-state index >= 15 is 0 Å². The molecule has 0 aliphatic heterocycles. The number of nitrogens with zero attached hydrogens (tertiary/aromatic N) is 2. The molecule has 0 saturated heterocycles. The minimum absolute atomic E-state index is 0. The molecule has 0 spiro atoms. The largest absolute Gasteiger partial charge is 0.501 e. The summed E-state index contributed by atoms with van der Waals surface area (Å²) in [6.07, 6.45) is 2.80. The summed E-state index contributed by atoms with van der Waals surface area (Å²) < 4.78 is 50.3. The van der Waals surface area contributed by atoms with Gasteiger partial charge in [0.05, 0.1) is 13.7 Å². The van der Waals surface area contributed by atoms with Gasteiger partial charge in [-0.3, -0.25) is 0 Å². The van der Waals surface area contributed by atoms with Crippen molar-refractivity contribution in [2.45, 2.75) is 33.3 Å². The van der Waals surface area contributed by atoms with Crippen LogP contribution in [0.15, 0.2) is 95.7 Å². The molecule has 0 aliphatic carbocycles. The molecule has 0 N–H and O–H groups in total. The van der Waals surface area contributed by atoms with Crippen LogP contribution in [-0.2, 0) is 20.1 Å². The molecule has 0 aliphatic rings. The Morgan fingerprint density at radius 2 is 1.50 bits per heavy atom. The molecule has 38 heavy (non-hydrogen) atoms. The molecular formula is C33H30IrN2OSi-2. The van der Waals surface area contributed by atoms with Crippen LogP contribution in [0.5, 0.6) is 0 Å². The van der Waals surface area contributed by atoms with Gasteiger partial charge in [-0.1, -0.05) is 72.2 Å².